The number of rotatable bonds is 6. The van der Waals surface area contributed by atoms with Crippen molar-refractivity contribution in [2.45, 2.75) is 38.0 Å². The van der Waals surface area contributed by atoms with Crippen LogP contribution in [-0.4, -0.2) is 38.4 Å². The van der Waals surface area contributed by atoms with E-state index in [9.17, 15) is 18.0 Å². The number of carbonyl (C=O) groups is 1. The van der Waals surface area contributed by atoms with E-state index in [4.69, 9.17) is 9.47 Å². The molecule has 0 spiro atoms. The number of methoxy groups -OCH3 is 1. The summed E-state index contributed by atoms with van der Waals surface area (Å²) < 4.78 is 46.4. The molecule has 0 bridgehead atoms. The highest BCUT2D eigenvalue weighted by atomic mass is 19.4. The van der Waals surface area contributed by atoms with Crippen LogP contribution >= 0.6 is 0 Å². The number of halogens is 3. The van der Waals surface area contributed by atoms with Gasteiger partial charge in [-0.3, -0.25) is 4.79 Å². The van der Waals surface area contributed by atoms with Gasteiger partial charge in [-0.25, -0.2) is 0 Å². The van der Waals surface area contributed by atoms with Gasteiger partial charge in [0.1, 0.15) is 0 Å². The lowest BCUT2D eigenvalue weighted by Crippen LogP contribution is -2.46. The fraction of sp³-hybridized carbons (Fsp3) is 0.562. The first kappa shape index (κ1) is 18.4. The fourth-order valence-corrected chi connectivity index (χ4v) is 2.49. The molecule has 8 heteroatoms. The average Bonchev–Trinajstić information content (AvgIpc) is 2.58. The standard InChI is InChI=1S/C16H21F3N2O3/c1-23-14-8-11(5-6-13(14)24-10-16(17,18)19)9-21-15(22)12-4-2-3-7-20-12/h5-6,8,12,20H,2-4,7,9-10H2,1H3,(H,21,22)/t12-/m0/s1. The van der Waals surface area contributed by atoms with Crippen molar-refractivity contribution in [2.75, 3.05) is 20.3 Å². The third kappa shape index (κ3) is 5.59. The number of alkyl halides is 3. The van der Waals surface area contributed by atoms with Crippen molar-refractivity contribution in [1.82, 2.24) is 10.6 Å². The molecule has 0 aliphatic carbocycles. The van der Waals surface area contributed by atoms with Gasteiger partial charge in [-0.1, -0.05) is 12.5 Å². The van der Waals surface area contributed by atoms with Gasteiger partial charge >= 0.3 is 6.18 Å². The number of amides is 1. The summed E-state index contributed by atoms with van der Waals surface area (Å²) in [7, 11) is 1.35. The SMILES string of the molecule is COc1cc(CNC(=O)[C@@H]2CCCCN2)ccc1OCC(F)(F)F. The molecule has 0 unspecified atom stereocenters. The molecule has 1 aromatic rings. The lowest BCUT2D eigenvalue weighted by atomic mass is 10.0. The summed E-state index contributed by atoms with van der Waals surface area (Å²) in [4.78, 5) is 12.1. The zero-order chi connectivity index (χ0) is 17.6. The van der Waals surface area contributed by atoms with Crippen LogP contribution in [0.2, 0.25) is 0 Å². The van der Waals surface area contributed by atoms with Gasteiger partial charge < -0.3 is 20.1 Å². The van der Waals surface area contributed by atoms with Crippen LogP contribution in [0, 0.1) is 0 Å². The minimum Gasteiger partial charge on any atom is -0.493 e. The Kier molecular flexibility index (Phi) is 6.30. The summed E-state index contributed by atoms with van der Waals surface area (Å²) in [5.41, 5.74) is 0.718. The number of ether oxygens (including phenoxy) is 2. The normalized spacial score (nSPS) is 18.1. The van der Waals surface area contributed by atoms with E-state index in [2.05, 4.69) is 10.6 Å². The quantitative estimate of drug-likeness (QED) is 0.830. The Bertz CT molecular complexity index is 558. The number of carbonyl (C=O) groups excluding carboxylic acids is 1. The van der Waals surface area contributed by atoms with Crippen LogP contribution < -0.4 is 20.1 Å². The van der Waals surface area contributed by atoms with Gasteiger partial charge in [0.2, 0.25) is 5.91 Å². The molecule has 1 heterocycles. The van der Waals surface area contributed by atoms with Crippen LogP contribution in [0.5, 0.6) is 11.5 Å². The van der Waals surface area contributed by atoms with E-state index < -0.39 is 12.8 Å². The predicted octanol–water partition coefficient (Wildman–Crippen LogP) is 2.39. The third-order valence-electron chi connectivity index (χ3n) is 3.71. The molecule has 134 valence electrons. The molecule has 1 aliphatic heterocycles. The first-order chi connectivity index (χ1) is 11.4. The van der Waals surface area contributed by atoms with Crippen molar-refractivity contribution >= 4 is 5.91 Å². The molecular weight excluding hydrogens is 325 g/mol. The number of nitrogens with one attached hydrogen (secondary N) is 2. The second-order valence-corrected chi connectivity index (χ2v) is 5.61. The Labute approximate surface area is 138 Å². The largest absolute Gasteiger partial charge is 0.493 e. The van der Waals surface area contributed by atoms with Gasteiger partial charge in [0, 0.05) is 6.54 Å². The zero-order valence-electron chi connectivity index (χ0n) is 13.4. The Morgan fingerprint density at radius 3 is 2.75 bits per heavy atom. The van der Waals surface area contributed by atoms with E-state index >= 15 is 0 Å². The van der Waals surface area contributed by atoms with E-state index in [0.29, 0.717) is 0 Å². The molecule has 1 fully saturated rings. The first-order valence-corrected chi connectivity index (χ1v) is 7.76. The highest BCUT2D eigenvalue weighted by molar-refractivity contribution is 5.81. The number of piperidine rings is 1. The van der Waals surface area contributed by atoms with E-state index in [-0.39, 0.29) is 30.0 Å². The maximum Gasteiger partial charge on any atom is 0.422 e. The topological polar surface area (TPSA) is 59.6 Å². The predicted molar refractivity (Wildman–Crippen MR) is 82.0 cm³/mol. The lowest BCUT2D eigenvalue weighted by molar-refractivity contribution is -0.153. The molecule has 5 nitrogen and oxygen atoms in total. The highest BCUT2D eigenvalue weighted by Crippen LogP contribution is 2.29. The molecule has 0 aromatic heterocycles. The molecule has 0 radical (unpaired) electrons. The van der Waals surface area contributed by atoms with Crippen molar-refractivity contribution in [3.63, 3.8) is 0 Å². The summed E-state index contributed by atoms with van der Waals surface area (Å²) >= 11 is 0. The molecule has 1 saturated heterocycles. The summed E-state index contributed by atoms with van der Waals surface area (Å²) in [6.45, 7) is -0.281. The van der Waals surface area contributed by atoms with E-state index in [1.807, 2.05) is 0 Å². The van der Waals surface area contributed by atoms with Crippen molar-refractivity contribution in [2.24, 2.45) is 0 Å². The highest BCUT2D eigenvalue weighted by Gasteiger charge is 2.29. The number of hydrogen-bond acceptors (Lipinski definition) is 4. The van der Waals surface area contributed by atoms with Gasteiger partial charge in [0.05, 0.1) is 13.2 Å². The van der Waals surface area contributed by atoms with Gasteiger partial charge in [0.15, 0.2) is 18.1 Å². The lowest BCUT2D eigenvalue weighted by Gasteiger charge is -2.22. The molecule has 1 aromatic carbocycles. The van der Waals surface area contributed by atoms with Crippen LogP contribution in [0.3, 0.4) is 0 Å². The summed E-state index contributed by atoms with van der Waals surface area (Å²) in [6, 6.07) is 4.38. The minimum atomic E-state index is -4.41. The summed E-state index contributed by atoms with van der Waals surface area (Å²) in [5, 5.41) is 5.97. The van der Waals surface area contributed by atoms with Gasteiger partial charge in [-0.2, -0.15) is 13.2 Å². The van der Waals surface area contributed by atoms with Crippen LogP contribution in [-0.2, 0) is 11.3 Å². The molecule has 1 atom stereocenters. The molecular formula is C16H21F3N2O3. The Balaban J connectivity index is 1.92. The second-order valence-electron chi connectivity index (χ2n) is 5.61. The van der Waals surface area contributed by atoms with Crippen LogP contribution in [0.1, 0.15) is 24.8 Å². The monoisotopic (exact) mass is 346 g/mol. The molecule has 2 N–H and O–H groups in total. The third-order valence-corrected chi connectivity index (χ3v) is 3.71. The summed E-state index contributed by atoms with van der Waals surface area (Å²) in [5.74, 6) is 0.131. The maximum atomic E-state index is 12.2. The van der Waals surface area contributed by atoms with Crippen molar-refractivity contribution in [3.05, 3.63) is 23.8 Å². The number of hydrogen-bond donors (Lipinski definition) is 2. The molecule has 2 rings (SSSR count). The Hall–Kier alpha value is -1.96. The first-order valence-electron chi connectivity index (χ1n) is 7.76. The fourth-order valence-electron chi connectivity index (χ4n) is 2.49. The van der Waals surface area contributed by atoms with Crippen LogP contribution in [0.4, 0.5) is 13.2 Å². The van der Waals surface area contributed by atoms with Gasteiger partial charge in [-0.15, -0.1) is 0 Å². The molecule has 1 amide bonds. The van der Waals surface area contributed by atoms with E-state index in [1.54, 1.807) is 12.1 Å². The second kappa shape index (κ2) is 8.23. The van der Waals surface area contributed by atoms with Crippen LogP contribution in [0.15, 0.2) is 18.2 Å². The van der Waals surface area contributed by atoms with Crippen molar-refractivity contribution in [3.8, 4) is 11.5 Å². The molecule has 24 heavy (non-hydrogen) atoms. The Morgan fingerprint density at radius 1 is 1.33 bits per heavy atom. The van der Waals surface area contributed by atoms with E-state index in [0.717, 1.165) is 31.4 Å². The zero-order valence-corrected chi connectivity index (χ0v) is 13.4. The van der Waals surface area contributed by atoms with Gasteiger partial charge in [-0.05, 0) is 37.1 Å². The smallest absolute Gasteiger partial charge is 0.422 e. The van der Waals surface area contributed by atoms with E-state index in [1.165, 1.54) is 13.2 Å². The van der Waals surface area contributed by atoms with Crippen molar-refractivity contribution < 1.29 is 27.4 Å². The van der Waals surface area contributed by atoms with Gasteiger partial charge in [0.25, 0.3) is 0 Å². The van der Waals surface area contributed by atoms with Crippen LogP contribution in [0.25, 0.3) is 0 Å². The minimum absolute atomic E-state index is 0.0128. The summed E-state index contributed by atoms with van der Waals surface area (Å²) in [6.07, 6.45) is -1.52. The maximum absolute atomic E-state index is 12.2. The average molecular weight is 346 g/mol. The molecule has 1 aliphatic rings. The Morgan fingerprint density at radius 2 is 2.12 bits per heavy atom. The molecule has 0 saturated carbocycles. The number of benzene rings is 1. The van der Waals surface area contributed by atoms with Crippen molar-refractivity contribution in [1.29, 1.82) is 0 Å².